The van der Waals surface area contributed by atoms with Crippen LogP contribution in [0.4, 0.5) is 14.5 Å². The third-order valence-electron chi connectivity index (χ3n) is 3.48. The number of carbonyl (C=O) groups excluding carboxylic acids is 2. The largest absolute Gasteiger partial charge is 0.329 e. The van der Waals surface area contributed by atoms with Crippen LogP contribution in [0, 0.1) is 11.6 Å². The lowest BCUT2D eigenvalue weighted by Gasteiger charge is -2.22. The highest BCUT2D eigenvalue weighted by atomic mass is 35.5. The van der Waals surface area contributed by atoms with Crippen molar-refractivity contribution in [3.05, 3.63) is 63.6 Å². The van der Waals surface area contributed by atoms with Gasteiger partial charge < -0.3 is 10.2 Å². The van der Waals surface area contributed by atoms with Crippen molar-refractivity contribution in [3.63, 3.8) is 0 Å². The van der Waals surface area contributed by atoms with E-state index in [1.54, 1.807) is 6.07 Å². The molecular weight excluding hydrogens is 385 g/mol. The molecule has 4 nitrogen and oxygen atoms in total. The van der Waals surface area contributed by atoms with E-state index in [1.807, 2.05) is 6.92 Å². The van der Waals surface area contributed by atoms with Gasteiger partial charge >= 0.3 is 0 Å². The molecule has 0 saturated carbocycles. The van der Waals surface area contributed by atoms with Crippen molar-refractivity contribution >= 4 is 40.7 Å². The molecule has 0 heterocycles. The van der Waals surface area contributed by atoms with Crippen molar-refractivity contribution in [2.24, 2.45) is 0 Å². The molecule has 2 amide bonds. The fourth-order valence-electron chi connectivity index (χ4n) is 2.31. The number of anilines is 1. The molecule has 1 N–H and O–H groups in total. The highest BCUT2D eigenvalue weighted by molar-refractivity contribution is 6.35. The van der Waals surface area contributed by atoms with Gasteiger partial charge in [-0.2, -0.15) is 0 Å². The van der Waals surface area contributed by atoms with E-state index >= 15 is 0 Å². The molecule has 8 heteroatoms. The Hall–Kier alpha value is -2.18. The van der Waals surface area contributed by atoms with Gasteiger partial charge in [0.15, 0.2) is 0 Å². The third-order valence-corrected chi connectivity index (χ3v) is 4.04. The lowest BCUT2D eigenvalue weighted by atomic mass is 10.1. The van der Waals surface area contributed by atoms with Crippen LogP contribution in [0.25, 0.3) is 0 Å². The maximum Gasteiger partial charge on any atom is 0.257 e. The zero-order valence-electron chi connectivity index (χ0n) is 13.9. The number of rotatable bonds is 6. The van der Waals surface area contributed by atoms with Crippen LogP contribution in [0.15, 0.2) is 36.4 Å². The Morgan fingerprint density at radius 3 is 2.50 bits per heavy atom. The summed E-state index contributed by atoms with van der Waals surface area (Å²) in [6, 6.07) is 7.26. The van der Waals surface area contributed by atoms with Gasteiger partial charge in [-0.15, -0.1) is 0 Å². The van der Waals surface area contributed by atoms with Crippen molar-refractivity contribution in [3.8, 4) is 0 Å². The van der Waals surface area contributed by atoms with E-state index in [0.29, 0.717) is 28.2 Å². The van der Waals surface area contributed by atoms with Crippen molar-refractivity contribution in [1.82, 2.24) is 4.90 Å². The van der Waals surface area contributed by atoms with Crippen LogP contribution in [0.1, 0.15) is 23.7 Å². The van der Waals surface area contributed by atoms with E-state index in [9.17, 15) is 18.4 Å². The lowest BCUT2D eigenvalue weighted by molar-refractivity contribution is -0.116. The standard InChI is InChI=1S/C18H16Cl2F2N2O2/c1-2-7-24(18(26)13-5-4-12(21)9-15(13)22)10-17(25)23-16-8-11(19)3-6-14(16)20/h3-6,8-9H,2,7,10H2,1H3,(H,23,25). The van der Waals surface area contributed by atoms with Gasteiger partial charge in [-0.3, -0.25) is 9.59 Å². The molecule has 0 aliphatic rings. The third kappa shape index (κ3) is 5.16. The molecule has 0 radical (unpaired) electrons. The summed E-state index contributed by atoms with van der Waals surface area (Å²) in [6.45, 7) is 1.73. The smallest absolute Gasteiger partial charge is 0.257 e. The first kappa shape index (κ1) is 20.1. The van der Waals surface area contributed by atoms with Crippen molar-refractivity contribution < 1.29 is 18.4 Å². The maximum atomic E-state index is 13.9. The number of hydrogen-bond donors (Lipinski definition) is 1. The summed E-state index contributed by atoms with van der Waals surface area (Å²) >= 11 is 11.9. The Labute approximate surface area is 159 Å². The maximum absolute atomic E-state index is 13.9. The molecule has 0 unspecified atom stereocenters. The van der Waals surface area contributed by atoms with Gasteiger partial charge in [0.1, 0.15) is 18.2 Å². The zero-order valence-corrected chi connectivity index (χ0v) is 15.4. The number of nitrogens with zero attached hydrogens (tertiary/aromatic N) is 1. The number of amides is 2. The lowest BCUT2D eigenvalue weighted by Crippen LogP contribution is -2.39. The Morgan fingerprint density at radius 1 is 1.12 bits per heavy atom. The zero-order chi connectivity index (χ0) is 19.3. The highest BCUT2D eigenvalue weighted by Gasteiger charge is 2.22. The van der Waals surface area contributed by atoms with Gasteiger partial charge in [0.05, 0.1) is 16.3 Å². The number of halogens is 4. The summed E-state index contributed by atoms with van der Waals surface area (Å²) in [7, 11) is 0. The monoisotopic (exact) mass is 400 g/mol. The second kappa shape index (κ2) is 8.96. The van der Waals surface area contributed by atoms with Gasteiger partial charge in [0, 0.05) is 17.6 Å². The minimum atomic E-state index is -0.977. The molecule has 0 aromatic heterocycles. The summed E-state index contributed by atoms with van der Waals surface area (Å²) in [5.74, 6) is -2.97. The molecule has 0 spiro atoms. The van der Waals surface area contributed by atoms with Gasteiger partial charge in [-0.05, 0) is 36.8 Å². The average molecular weight is 401 g/mol. The van der Waals surface area contributed by atoms with Gasteiger partial charge in [-0.25, -0.2) is 8.78 Å². The second-order valence-electron chi connectivity index (χ2n) is 5.52. The molecule has 2 aromatic rings. The highest BCUT2D eigenvalue weighted by Crippen LogP contribution is 2.25. The minimum absolute atomic E-state index is 0.229. The van der Waals surface area contributed by atoms with Gasteiger partial charge in [0.25, 0.3) is 5.91 Å². The SMILES string of the molecule is CCCN(CC(=O)Nc1cc(Cl)ccc1Cl)C(=O)c1ccc(F)cc1F. The predicted molar refractivity (Wildman–Crippen MR) is 97.6 cm³/mol. The van der Waals surface area contributed by atoms with Crippen molar-refractivity contribution in [2.45, 2.75) is 13.3 Å². The molecule has 0 fully saturated rings. The summed E-state index contributed by atoms with van der Waals surface area (Å²) in [4.78, 5) is 26.0. The fraction of sp³-hybridized carbons (Fsp3) is 0.222. The molecule has 0 aliphatic carbocycles. The average Bonchev–Trinajstić information content (AvgIpc) is 2.57. The predicted octanol–water partition coefficient (Wildman–Crippen LogP) is 4.76. The van der Waals surface area contributed by atoms with Crippen molar-refractivity contribution in [2.75, 3.05) is 18.4 Å². The quantitative estimate of drug-likeness (QED) is 0.759. The van der Waals surface area contributed by atoms with E-state index < -0.39 is 23.4 Å². The molecule has 0 aliphatic heterocycles. The Morgan fingerprint density at radius 2 is 1.85 bits per heavy atom. The first-order chi connectivity index (χ1) is 12.3. The van der Waals surface area contributed by atoms with Crippen LogP contribution in [-0.2, 0) is 4.79 Å². The van der Waals surface area contributed by atoms with E-state index in [1.165, 1.54) is 17.0 Å². The Balaban J connectivity index is 2.15. The van der Waals surface area contributed by atoms with E-state index in [4.69, 9.17) is 23.2 Å². The van der Waals surface area contributed by atoms with Gasteiger partial charge in [-0.1, -0.05) is 30.1 Å². The molecule has 0 atom stereocenters. The Bertz CT molecular complexity index is 831. The molecule has 2 aromatic carbocycles. The summed E-state index contributed by atoms with van der Waals surface area (Å²) in [5, 5.41) is 3.25. The van der Waals surface area contributed by atoms with E-state index in [0.717, 1.165) is 12.1 Å². The number of carbonyl (C=O) groups is 2. The summed E-state index contributed by atoms with van der Waals surface area (Å²) in [5.41, 5.74) is 0.00876. The number of benzene rings is 2. The molecule has 0 saturated heterocycles. The van der Waals surface area contributed by atoms with Crippen molar-refractivity contribution in [1.29, 1.82) is 0 Å². The number of hydrogen-bond acceptors (Lipinski definition) is 2. The first-order valence-electron chi connectivity index (χ1n) is 7.81. The van der Waals surface area contributed by atoms with E-state index in [2.05, 4.69) is 5.32 Å². The van der Waals surface area contributed by atoms with Crippen LogP contribution >= 0.6 is 23.2 Å². The first-order valence-corrected chi connectivity index (χ1v) is 8.56. The summed E-state index contributed by atoms with van der Waals surface area (Å²) < 4.78 is 26.9. The van der Waals surface area contributed by atoms with Gasteiger partial charge in [0.2, 0.25) is 5.91 Å². The van der Waals surface area contributed by atoms with Crippen LogP contribution < -0.4 is 5.32 Å². The molecule has 2 rings (SSSR count). The van der Waals surface area contributed by atoms with E-state index in [-0.39, 0.29) is 18.7 Å². The molecular formula is C18H16Cl2F2N2O2. The van der Waals surface area contributed by atoms with Crippen LogP contribution in [0.5, 0.6) is 0 Å². The molecule has 138 valence electrons. The normalized spacial score (nSPS) is 10.5. The minimum Gasteiger partial charge on any atom is -0.329 e. The second-order valence-corrected chi connectivity index (χ2v) is 6.37. The fourth-order valence-corrected chi connectivity index (χ4v) is 2.65. The summed E-state index contributed by atoms with van der Waals surface area (Å²) in [6.07, 6.45) is 0.555. The molecule has 0 bridgehead atoms. The van der Waals surface area contributed by atoms with Crippen LogP contribution in [-0.4, -0.2) is 29.8 Å². The number of nitrogens with one attached hydrogen (secondary N) is 1. The molecule has 26 heavy (non-hydrogen) atoms. The Kier molecular flexibility index (Phi) is 6.94. The van der Waals surface area contributed by atoms with Crippen LogP contribution in [0.2, 0.25) is 10.0 Å². The topological polar surface area (TPSA) is 49.4 Å². The van der Waals surface area contributed by atoms with Crippen LogP contribution in [0.3, 0.4) is 0 Å².